The lowest BCUT2D eigenvalue weighted by Gasteiger charge is -2.26. The molecule has 5 nitrogen and oxygen atoms in total. The first kappa shape index (κ1) is 14.9. The second-order valence-electron chi connectivity index (χ2n) is 3.85. The van der Waals surface area contributed by atoms with Gasteiger partial charge in [0.05, 0.1) is 6.42 Å². The van der Waals surface area contributed by atoms with Crippen molar-refractivity contribution in [1.29, 1.82) is 0 Å². The summed E-state index contributed by atoms with van der Waals surface area (Å²) in [5.74, 6) is -0.751. The summed E-state index contributed by atoms with van der Waals surface area (Å²) >= 11 is 0. The maximum Gasteiger partial charge on any atom is 0.304 e. The first-order valence-corrected chi connectivity index (χ1v) is 5.67. The maximum atomic E-state index is 11.0. The molecule has 2 N–H and O–H groups in total. The highest BCUT2D eigenvalue weighted by Crippen LogP contribution is 2.05. The molecular weight excluding hydrogens is 208 g/mol. The molecule has 0 aromatic heterocycles. The average molecular weight is 230 g/mol. The van der Waals surface area contributed by atoms with Crippen LogP contribution in [0.5, 0.6) is 0 Å². The van der Waals surface area contributed by atoms with E-state index in [1.165, 1.54) is 0 Å². The molecule has 1 atom stereocenters. The molecule has 0 heterocycles. The number of hydrogen-bond acceptors (Lipinski definition) is 3. The number of carbonyl (C=O) groups is 2. The number of aliphatic carboxylic acids is 1. The van der Waals surface area contributed by atoms with E-state index in [-0.39, 0.29) is 18.4 Å². The summed E-state index contributed by atoms with van der Waals surface area (Å²) in [6.45, 7) is 5.47. The fraction of sp³-hybridized carbons (Fsp3) is 0.818. The Labute approximate surface area is 96.8 Å². The van der Waals surface area contributed by atoms with Gasteiger partial charge in [-0.15, -0.1) is 0 Å². The van der Waals surface area contributed by atoms with Crippen LogP contribution in [0.4, 0.5) is 0 Å². The lowest BCUT2D eigenvalue weighted by atomic mass is 10.2. The zero-order valence-electron chi connectivity index (χ0n) is 10.3. The Hall–Kier alpha value is -1.10. The fourth-order valence-corrected chi connectivity index (χ4v) is 1.64. The molecule has 0 aromatic carbocycles. The molecule has 0 aliphatic carbocycles. The second-order valence-corrected chi connectivity index (χ2v) is 3.85. The largest absolute Gasteiger partial charge is 0.481 e. The number of carbonyl (C=O) groups excluding carboxylic acids is 1. The van der Waals surface area contributed by atoms with E-state index in [1.807, 2.05) is 13.8 Å². The summed E-state index contributed by atoms with van der Waals surface area (Å²) in [5.41, 5.74) is 0. The van der Waals surface area contributed by atoms with E-state index < -0.39 is 5.97 Å². The standard InChI is InChI=1S/C11H22N2O3/c1-4-13(9(2)8-11(15)16)7-5-6-10(14)12-3/h9H,4-8H2,1-3H3,(H,12,14)(H,15,16). The van der Waals surface area contributed by atoms with Gasteiger partial charge in [-0.3, -0.25) is 9.59 Å². The molecule has 0 radical (unpaired) electrons. The van der Waals surface area contributed by atoms with Crippen molar-refractivity contribution in [3.8, 4) is 0 Å². The smallest absolute Gasteiger partial charge is 0.304 e. The lowest BCUT2D eigenvalue weighted by Crippen LogP contribution is -2.35. The Morgan fingerprint density at radius 1 is 1.44 bits per heavy atom. The van der Waals surface area contributed by atoms with Gasteiger partial charge in [0.15, 0.2) is 0 Å². The number of carboxylic acid groups (broad SMARTS) is 1. The van der Waals surface area contributed by atoms with Crippen LogP contribution in [0.2, 0.25) is 0 Å². The van der Waals surface area contributed by atoms with Crippen LogP contribution in [-0.2, 0) is 9.59 Å². The third-order valence-electron chi connectivity index (χ3n) is 2.63. The predicted octanol–water partition coefficient (Wildman–Crippen LogP) is 0.698. The quantitative estimate of drug-likeness (QED) is 0.644. The van der Waals surface area contributed by atoms with Crippen LogP contribution in [-0.4, -0.2) is 48.1 Å². The number of carboxylic acids is 1. The van der Waals surface area contributed by atoms with E-state index >= 15 is 0 Å². The molecule has 0 saturated heterocycles. The molecule has 16 heavy (non-hydrogen) atoms. The van der Waals surface area contributed by atoms with Crippen LogP contribution in [0.25, 0.3) is 0 Å². The van der Waals surface area contributed by atoms with Crippen LogP contribution in [0.3, 0.4) is 0 Å². The molecule has 94 valence electrons. The zero-order chi connectivity index (χ0) is 12.6. The molecule has 0 fully saturated rings. The van der Waals surface area contributed by atoms with Gasteiger partial charge in [0.2, 0.25) is 5.91 Å². The molecule has 0 rings (SSSR count). The van der Waals surface area contributed by atoms with Crippen molar-refractivity contribution in [2.75, 3.05) is 20.1 Å². The van der Waals surface area contributed by atoms with E-state index in [9.17, 15) is 9.59 Å². The topological polar surface area (TPSA) is 69.6 Å². The van der Waals surface area contributed by atoms with Crippen LogP contribution < -0.4 is 5.32 Å². The van der Waals surface area contributed by atoms with Crippen LogP contribution in [0, 0.1) is 0 Å². The van der Waals surface area contributed by atoms with E-state index in [2.05, 4.69) is 10.2 Å². The average Bonchev–Trinajstić information content (AvgIpc) is 2.22. The third-order valence-corrected chi connectivity index (χ3v) is 2.63. The number of hydrogen-bond donors (Lipinski definition) is 2. The molecule has 1 unspecified atom stereocenters. The summed E-state index contributed by atoms with van der Waals surface area (Å²) in [5, 5.41) is 11.3. The first-order valence-electron chi connectivity index (χ1n) is 5.67. The van der Waals surface area contributed by atoms with Gasteiger partial charge in [-0.05, 0) is 26.4 Å². The second kappa shape index (κ2) is 8.10. The molecular formula is C11H22N2O3. The van der Waals surface area contributed by atoms with Gasteiger partial charge in [0.1, 0.15) is 0 Å². The van der Waals surface area contributed by atoms with E-state index in [1.54, 1.807) is 7.05 Å². The highest BCUT2D eigenvalue weighted by Gasteiger charge is 2.15. The van der Waals surface area contributed by atoms with E-state index in [0.717, 1.165) is 19.5 Å². The minimum atomic E-state index is -0.780. The van der Waals surface area contributed by atoms with Crippen molar-refractivity contribution in [1.82, 2.24) is 10.2 Å². The highest BCUT2D eigenvalue weighted by atomic mass is 16.4. The normalized spacial score (nSPS) is 12.5. The van der Waals surface area contributed by atoms with E-state index in [0.29, 0.717) is 6.42 Å². The monoisotopic (exact) mass is 230 g/mol. The van der Waals surface area contributed by atoms with Crippen LogP contribution in [0.15, 0.2) is 0 Å². The van der Waals surface area contributed by atoms with Crippen molar-refractivity contribution in [2.24, 2.45) is 0 Å². The summed E-state index contributed by atoms with van der Waals surface area (Å²) in [6.07, 6.45) is 1.40. The van der Waals surface area contributed by atoms with Gasteiger partial charge < -0.3 is 15.3 Å². The zero-order valence-corrected chi connectivity index (χ0v) is 10.3. The fourth-order valence-electron chi connectivity index (χ4n) is 1.64. The summed E-state index contributed by atoms with van der Waals surface area (Å²) in [4.78, 5) is 23.7. The molecule has 0 bridgehead atoms. The highest BCUT2D eigenvalue weighted by molar-refractivity contribution is 5.75. The Morgan fingerprint density at radius 2 is 2.06 bits per heavy atom. The van der Waals surface area contributed by atoms with Gasteiger partial charge in [0.25, 0.3) is 0 Å². The lowest BCUT2D eigenvalue weighted by molar-refractivity contribution is -0.138. The van der Waals surface area contributed by atoms with Gasteiger partial charge in [0, 0.05) is 19.5 Å². The molecule has 0 aromatic rings. The minimum Gasteiger partial charge on any atom is -0.481 e. The number of nitrogens with zero attached hydrogens (tertiary/aromatic N) is 1. The Balaban J connectivity index is 3.90. The molecule has 5 heteroatoms. The van der Waals surface area contributed by atoms with Crippen molar-refractivity contribution in [3.05, 3.63) is 0 Å². The summed E-state index contributed by atoms with van der Waals surface area (Å²) in [6, 6.07) is 0.0205. The van der Waals surface area contributed by atoms with Gasteiger partial charge in [-0.25, -0.2) is 0 Å². The van der Waals surface area contributed by atoms with Crippen LogP contribution in [0.1, 0.15) is 33.1 Å². The number of nitrogens with one attached hydrogen (secondary N) is 1. The minimum absolute atomic E-state index is 0.0205. The molecule has 0 spiro atoms. The molecule has 0 aliphatic heterocycles. The molecule has 0 aliphatic rings. The van der Waals surface area contributed by atoms with E-state index in [4.69, 9.17) is 5.11 Å². The molecule has 1 amide bonds. The first-order chi connectivity index (χ1) is 7.51. The van der Waals surface area contributed by atoms with Crippen molar-refractivity contribution in [2.45, 2.75) is 39.2 Å². The van der Waals surface area contributed by atoms with Gasteiger partial charge in [-0.2, -0.15) is 0 Å². The maximum absolute atomic E-state index is 11.0. The predicted molar refractivity (Wildman–Crippen MR) is 62.3 cm³/mol. The third kappa shape index (κ3) is 6.40. The summed E-state index contributed by atoms with van der Waals surface area (Å²) in [7, 11) is 1.62. The van der Waals surface area contributed by atoms with Crippen molar-refractivity contribution < 1.29 is 14.7 Å². The Bertz CT molecular complexity index is 231. The SMILES string of the molecule is CCN(CCCC(=O)NC)C(C)CC(=O)O. The Morgan fingerprint density at radius 3 is 2.50 bits per heavy atom. The molecule has 0 saturated carbocycles. The number of amides is 1. The Kier molecular flexibility index (Phi) is 7.54. The van der Waals surface area contributed by atoms with Crippen LogP contribution >= 0.6 is 0 Å². The van der Waals surface area contributed by atoms with Gasteiger partial charge in [-0.1, -0.05) is 6.92 Å². The van der Waals surface area contributed by atoms with Crippen molar-refractivity contribution >= 4 is 11.9 Å². The summed E-state index contributed by atoms with van der Waals surface area (Å²) < 4.78 is 0. The van der Waals surface area contributed by atoms with Crippen molar-refractivity contribution in [3.63, 3.8) is 0 Å². The van der Waals surface area contributed by atoms with Gasteiger partial charge >= 0.3 is 5.97 Å². The number of rotatable bonds is 8.